The number of ether oxygens (including phenoxy) is 6. The smallest absolute Gasteiger partial charge is 0.460 e. The van der Waals surface area contributed by atoms with Gasteiger partial charge in [0.1, 0.15) is 41.7 Å². The molecule has 0 spiro atoms. The van der Waals surface area contributed by atoms with E-state index in [0.717, 1.165) is 11.0 Å². The zero-order valence-electron chi connectivity index (χ0n) is 48.3. The summed E-state index contributed by atoms with van der Waals surface area (Å²) in [4.78, 5) is 86.3. The van der Waals surface area contributed by atoms with Gasteiger partial charge in [0.15, 0.2) is 5.78 Å². The summed E-state index contributed by atoms with van der Waals surface area (Å²) in [6, 6.07) is 8.32. The van der Waals surface area contributed by atoms with Crippen LogP contribution in [0.3, 0.4) is 0 Å². The predicted molar refractivity (Wildman–Crippen MR) is 296 cm³/mol. The first-order valence-electron chi connectivity index (χ1n) is 28.6. The summed E-state index contributed by atoms with van der Waals surface area (Å²) in [7, 11) is 3.92. The number of benzene rings is 1. The number of carbonyl (C=O) groups excluding carboxylic acids is 6. The first-order chi connectivity index (χ1) is 37.6. The van der Waals surface area contributed by atoms with E-state index in [0.29, 0.717) is 64.2 Å². The van der Waals surface area contributed by atoms with Gasteiger partial charge in [-0.25, -0.2) is 4.79 Å². The molecular weight excluding hydrogens is 1010 g/mol. The Labute approximate surface area is 468 Å². The van der Waals surface area contributed by atoms with Crippen LogP contribution in [-0.4, -0.2) is 153 Å². The molecule has 15 atom stereocenters. The number of carbonyl (C=O) groups is 6. The van der Waals surface area contributed by atoms with Crippen LogP contribution in [-0.2, 0) is 66.5 Å². The molecule has 1 saturated carbocycles. The molecular formula is C61H88BNO16. The fourth-order valence-electron chi connectivity index (χ4n) is 11.7. The molecule has 4 fully saturated rings. The van der Waals surface area contributed by atoms with Crippen LogP contribution in [0, 0.1) is 40.9 Å². The Kier molecular flexibility index (Phi) is 23.6. The summed E-state index contributed by atoms with van der Waals surface area (Å²) in [5.41, 5.74) is 0.686. The van der Waals surface area contributed by atoms with Crippen molar-refractivity contribution in [3.63, 3.8) is 0 Å². The minimum absolute atomic E-state index is 0.000913. The van der Waals surface area contributed by atoms with Gasteiger partial charge in [-0.05, 0) is 107 Å². The van der Waals surface area contributed by atoms with Gasteiger partial charge in [-0.2, -0.15) is 0 Å². The molecule has 1 aliphatic carbocycles. The average molecular weight is 1100 g/mol. The van der Waals surface area contributed by atoms with Gasteiger partial charge >= 0.3 is 19.1 Å². The number of aliphatic hydroxyl groups excluding tert-OH is 1. The third kappa shape index (κ3) is 16.5. The lowest BCUT2D eigenvalue weighted by Crippen LogP contribution is -2.61. The number of hydrogen-bond donors (Lipinski definition) is 2. The number of amides is 1. The highest BCUT2D eigenvalue weighted by Crippen LogP contribution is 2.39. The average Bonchev–Trinajstić information content (AvgIpc) is 3.44. The highest BCUT2D eigenvalue weighted by molar-refractivity contribution is 6.61. The van der Waals surface area contributed by atoms with Crippen molar-refractivity contribution in [2.75, 3.05) is 41.1 Å². The molecule has 1 amide bonds. The number of esters is 2. The standard InChI is InChI=1S/C61H88BNO16/c1-38-19-13-11-14-20-40(3)51(72-8)34-46-27-25-43(6)61(71,79-46)56(67)57(68)63-30-18-17-23-47(63)58(69)77-52(35-49(65)39(2)24-28-48(64)55(74-10)54(66)42(5)31-38)41(4)32-44-26-29-50(53(33-44)73-9)78-59(70)60(7)36-75-62(76-37-60)45-21-15-12-16-22-45/h11-16,19-22,24,28,38-39,41-44,46-48,50-53,55,64,71H,17-18,23,25-27,29-37H2,1-10H3/b14-11+,19-13+,28-24+,40-20+/t38-,39-,41+,42-,43-,44+,46+,47+,48-,50-,51+,52+,53-,55-,61-/m1/s1. The second-order valence-corrected chi connectivity index (χ2v) is 23.4. The van der Waals surface area contributed by atoms with Gasteiger partial charge in [-0.1, -0.05) is 107 Å². The number of aliphatic hydroxyl groups is 2. The molecule has 0 aromatic heterocycles. The molecule has 436 valence electrons. The Hall–Kier alpha value is -4.66. The van der Waals surface area contributed by atoms with Gasteiger partial charge in [0.05, 0.1) is 18.3 Å². The molecule has 6 rings (SSSR count). The highest BCUT2D eigenvalue weighted by Gasteiger charge is 2.53. The minimum Gasteiger partial charge on any atom is -0.460 e. The molecule has 4 aliphatic heterocycles. The largest absolute Gasteiger partial charge is 0.493 e. The Bertz CT molecular complexity index is 2350. The van der Waals surface area contributed by atoms with Crippen LogP contribution in [0.5, 0.6) is 0 Å². The van der Waals surface area contributed by atoms with Gasteiger partial charge in [-0.3, -0.25) is 24.0 Å². The Morgan fingerprint density at radius 1 is 0.835 bits per heavy atom. The molecule has 17 nitrogen and oxygen atoms in total. The van der Waals surface area contributed by atoms with Gasteiger partial charge < -0.3 is 52.8 Å². The fraction of sp³-hybridized carbons (Fsp3) is 0.672. The number of piperidine rings is 1. The van der Waals surface area contributed by atoms with E-state index in [1.165, 1.54) is 24.2 Å². The molecule has 0 radical (unpaired) electrons. The SMILES string of the molecule is CO[C@H]1C[C@@H]2CC[C@@H](C)[C@@](O)(O2)C(=O)C(=O)N2CCCC[C@H]2C(=O)O[C@H]([C@@H](C)C[C@@H]2CC[C@@H](OC(=O)C3(C)COB(c4ccccc4)OC3)[C@H](OC)C2)CC(=O)[C@H](C)/C=C/[C@@H](O)[C@@H](OC)C(=O)[C@H](C)C[C@H](C)/C=C/C=C/C=C/1C. The second-order valence-electron chi connectivity index (χ2n) is 23.4. The van der Waals surface area contributed by atoms with E-state index < -0.39 is 114 Å². The summed E-state index contributed by atoms with van der Waals surface area (Å²) in [5.74, 6) is -8.89. The predicted octanol–water partition coefficient (Wildman–Crippen LogP) is 6.79. The van der Waals surface area contributed by atoms with Gasteiger partial charge in [-0.15, -0.1) is 0 Å². The number of allylic oxidation sites excluding steroid dienone is 6. The van der Waals surface area contributed by atoms with E-state index in [1.807, 2.05) is 81.5 Å². The molecule has 4 heterocycles. The maximum Gasteiger partial charge on any atom is 0.493 e. The number of hydrogen-bond acceptors (Lipinski definition) is 16. The maximum atomic E-state index is 14.6. The van der Waals surface area contributed by atoms with Crippen molar-refractivity contribution in [1.82, 2.24) is 4.90 Å². The van der Waals surface area contributed by atoms with Gasteiger partial charge in [0, 0.05) is 71.7 Å². The van der Waals surface area contributed by atoms with Crippen LogP contribution in [0.25, 0.3) is 0 Å². The van der Waals surface area contributed by atoms with Crippen LogP contribution < -0.4 is 5.46 Å². The number of fused-ring (bicyclic) bond motifs is 3. The van der Waals surface area contributed by atoms with E-state index in [2.05, 4.69) is 0 Å². The molecule has 1 aromatic rings. The zero-order chi connectivity index (χ0) is 57.6. The van der Waals surface area contributed by atoms with Crippen LogP contribution in [0.2, 0.25) is 0 Å². The number of methoxy groups -OCH3 is 3. The minimum atomic E-state index is -2.46. The van der Waals surface area contributed by atoms with E-state index in [4.69, 9.17) is 37.7 Å². The quantitative estimate of drug-likeness (QED) is 0.113. The Morgan fingerprint density at radius 2 is 1.56 bits per heavy atom. The summed E-state index contributed by atoms with van der Waals surface area (Å²) in [6.07, 6.45) is 11.7. The van der Waals surface area contributed by atoms with Gasteiger partial charge in [0.2, 0.25) is 5.79 Å². The molecule has 2 bridgehead atoms. The third-order valence-corrected chi connectivity index (χ3v) is 17.0. The van der Waals surface area contributed by atoms with Crippen molar-refractivity contribution in [3.05, 3.63) is 78.4 Å². The second kappa shape index (κ2) is 29.4. The molecule has 1 aromatic carbocycles. The van der Waals surface area contributed by atoms with Crippen molar-refractivity contribution >= 4 is 47.8 Å². The van der Waals surface area contributed by atoms with E-state index in [-0.39, 0.29) is 56.0 Å². The molecule has 2 N–H and O–H groups in total. The third-order valence-electron chi connectivity index (χ3n) is 17.0. The van der Waals surface area contributed by atoms with Crippen molar-refractivity contribution in [2.45, 2.75) is 180 Å². The lowest BCUT2D eigenvalue weighted by atomic mass is 9.75. The topological polar surface area (TPSA) is 220 Å². The van der Waals surface area contributed by atoms with Crippen LogP contribution in [0.4, 0.5) is 0 Å². The van der Waals surface area contributed by atoms with Crippen LogP contribution in [0.1, 0.15) is 126 Å². The van der Waals surface area contributed by atoms with Gasteiger partial charge in [0.25, 0.3) is 11.7 Å². The lowest BCUT2D eigenvalue weighted by molar-refractivity contribution is -0.265. The van der Waals surface area contributed by atoms with E-state index in [9.17, 15) is 39.0 Å². The molecule has 79 heavy (non-hydrogen) atoms. The number of ketones is 3. The summed E-state index contributed by atoms with van der Waals surface area (Å²) < 4.78 is 48.0. The maximum absolute atomic E-state index is 14.6. The Balaban J connectivity index is 1.22. The lowest BCUT2D eigenvalue weighted by Gasteiger charge is -2.42. The van der Waals surface area contributed by atoms with Crippen molar-refractivity contribution in [3.8, 4) is 0 Å². The highest BCUT2D eigenvalue weighted by atomic mass is 16.6. The van der Waals surface area contributed by atoms with E-state index in [1.54, 1.807) is 41.9 Å². The first kappa shape index (κ1) is 63.5. The van der Waals surface area contributed by atoms with Crippen LogP contribution >= 0.6 is 0 Å². The zero-order valence-corrected chi connectivity index (χ0v) is 48.3. The fourth-order valence-corrected chi connectivity index (χ4v) is 11.7. The molecule has 0 unspecified atom stereocenters. The number of Topliss-reactive ketones (excluding diaryl/α,β-unsaturated/α-hetero) is 3. The van der Waals surface area contributed by atoms with Crippen molar-refractivity contribution in [1.29, 1.82) is 0 Å². The number of rotatable bonds is 9. The van der Waals surface area contributed by atoms with E-state index >= 15 is 0 Å². The summed E-state index contributed by atoms with van der Waals surface area (Å²) in [6.45, 7) is 13.0. The summed E-state index contributed by atoms with van der Waals surface area (Å²) >= 11 is 0. The molecule has 3 saturated heterocycles. The van der Waals surface area contributed by atoms with Crippen molar-refractivity contribution in [2.24, 2.45) is 40.9 Å². The molecule has 18 heteroatoms. The first-order valence-corrected chi connectivity index (χ1v) is 28.6. The Morgan fingerprint density at radius 3 is 2.24 bits per heavy atom. The molecule has 5 aliphatic rings. The number of nitrogens with zero attached hydrogens (tertiary/aromatic N) is 1. The monoisotopic (exact) mass is 1100 g/mol. The number of cyclic esters (lactones) is 1. The summed E-state index contributed by atoms with van der Waals surface area (Å²) in [5, 5.41) is 23.3. The normalized spacial score (nSPS) is 36.7. The van der Waals surface area contributed by atoms with Crippen molar-refractivity contribution < 1.29 is 76.7 Å². The van der Waals surface area contributed by atoms with Crippen LogP contribution in [0.15, 0.2) is 78.4 Å².